The monoisotopic (exact) mass is 688 g/mol. The number of hydrogen-bond acceptors (Lipinski definition) is 8. The molecule has 13 heteroatoms. The van der Waals surface area contributed by atoms with E-state index in [0.29, 0.717) is 17.4 Å². The van der Waals surface area contributed by atoms with Gasteiger partial charge in [-0.2, -0.15) is 23.5 Å². The standard InChI is InChI=1S/C34H42F2N4O5S2/c1-3-4-14-47-21-29(40-33(44)24-11-8-13-37-20-24)34(45)39-28(18-22-16-25(35)19-26(36)17-22)31(42)30(41)27(12-15-46-2)38-32(43)23-9-6-5-7-10-23/h5-11,13,16-17,19-20,27-31,41-42H,3-4,12,14-15,18,21H2,1-2H3,(H,38,43)(H,39,45)(H,40,44)/t27-,28+,29-,30-,31-/m1/s1. The number of rotatable bonds is 19. The molecule has 0 unspecified atom stereocenters. The van der Waals surface area contributed by atoms with Gasteiger partial charge in [0, 0.05) is 29.8 Å². The Bertz CT molecular complexity index is 1400. The Labute approximate surface area is 282 Å². The van der Waals surface area contributed by atoms with Gasteiger partial charge in [0.2, 0.25) is 5.91 Å². The lowest BCUT2D eigenvalue weighted by Crippen LogP contribution is -2.59. The van der Waals surface area contributed by atoms with Crippen LogP contribution in [0.25, 0.3) is 0 Å². The summed E-state index contributed by atoms with van der Waals surface area (Å²) in [5.41, 5.74) is 0.731. The molecule has 0 aliphatic carbocycles. The molecular weight excluding hydrogens is 647 g/mol. The number of pyridine rings is 1. The normalized spacial score (nSPS) is 14.3. The van der Waals surface area contributed by atoms with Gasteiger partial charge in [0.15, 0.2) is 0 Å². The molecular formula is C34H42F2N4O5S2. The molecule has 0 spiro atoms. The summed E-state index contributed by atoms with van der Waals surface area (Å²) in [6.07, 6.45) is 3.35. The van der Waals surface area contributed by atoms with E-state index in [9.17, 15) is 33.4 Å². The number of unbranched alkanes of at least 4 members (excludes halogenated alkanes) is 1. The Kier molecular flexibility index (Phi) is 16.1. The Hall–Kier alpha value is -3.52. The van der Waals surface area contributed by atoms with E-state index < -0.39 is 59.7 Å². The predicted molar refractivity (Wildman–Crippen MR) is 182 cm³/mol. The van der Waals surface area contributed by atoms with Crippen LogP contribution in [0.3, 0.4) is 0 Å². The topological polar surface area (TPSA) is 141 Å². The van der Waals surface area contributed by atoms with Crippen LogP contribution < -0.4 is 16.0 Å². The molecule has 5 N–H and O–H groups in total. The molecule has 0 aliphatic rings. The fraction of sp³-hybridized carbons (Fsp3) is 0.412. The van der Waals surface area contributed by atoms with Gasteiger partial charge >= 0.3 is 0 Å². The molecule has 3 amide bonds. The maximum Gasteiger partial charge on any atom is 0.253 e. The number of nitrogens with zero attached hydrogens (tertiary/aromatic N) is 1. The maximum atomic E-state index is 14.2. The highest BCUT2D eigenvalue weighted by Gasteiger charge is 2.35. The van der Waals surface area contributed by atoms with Gasteiger partial charge in [-0.3, -0.25) is 19.4 Å². The molecule has 254 valence electrons. The highest BCUT2D eigenvalue weighted by atomic mass is 32.2. The molecule has 0 aliphatic heterocycles. The number of benzene rings is 2. The summed E-state index contributed by atoms with van der Waals surface area (Å²) in [5, 5.41) is 31.2. The quantitative estimate of drug-likeness (QED) is 0.119. The maximum absolute atomic E-state index is 14.2. The molecule has 0 saturated heterocycles. The van der Waals surface area contributed by atoms with Crippen molar-refractivity contribution in [3.8, 4) is 0 Å². The second-order valence-electron chi connectivity index (χ2n) is 11.0. The summed E-state index contributed by atoms with van der Waals surface area (Å²) in [4.78, 5) is 43.7. The van der Waals surface area contributed by atoms with Crippen molar-refractivity contribution in [3.63, 3.8) is 0 Å². The Morgan fingerprint density at radius 1 is 0.851 bits per heavy atom. The first-order valence-corrected chi connectivity index (χ1v) is 17.9. The van der Waals surface area contributed by atoms with Crippen LogP contribution in [0.4, 0.5) is 8.78 Å². The number of aliphatic hydroxyl groups excluding tert-OH is 2. The van der Waals surface area contributed by atoms with Crippen molar-refractivity contribution in [1.82, 2.24) is 20.9 Å². The second-order valence-corrected chi connectivity index (χ2v) is 13.1. The van der Waals surface area contributed by atoms with E-state index in [1.807, 2.05) is 13.2 Å². The van der Waals surface area contributed by atoms with Gasteiger partial charge in [-0.05, 0) is 79.0 Å². The van der Waals surface area contributed by atoms with E-state index in [0.717, 1.165) is 30.7 Å². The predicted octanol–water partition coefficient (Wildman–Crippen LogP) is 3.99. The minimum Gasteiger partial charge on any atom is -0.388 e. The average molecular weight is 689 g/mol. The molecule has 2 aromatic carbocycles. The highest BCUT2D eigenvalue weighted by Crippen LogP contribution is 2.18. The van der Waals surface area contributed by atoms with E-state index in [-0.39, 0.29) is 29.7 Å². The molecule has 9 nitrogen and oxygen atoms in total. The minimum atomic E-state index is -1.68. The van der Waals surface area contributed by atoms with E-state index in [1.54, 1.807) is 42.5 Å². The molecule has 0 bridgehead atoms. The summed E-state index contributed by atoms with van der Waals surface area (Å²) in [6.45, 7) is 2.04. The van der Waals surface area contributed by atoms with Crippen LogP contribution in [-0.4, -0.2) is 86.8 Å². The van der Waals surface area contributed by atoms with Crippen LogP contribution in [0.5, 0.6) is 0 Å². The lowest BCUT2D eigenvalue weighted by molar-refractivity contribution is -0.125. The van der Waals surface area contributed by atoms with Crippen LogP contribution in [0.2, 0.25) is 0 Å². The number of carbonyl (C=O) groups is 3. The van der Waals surface area contributed by atoms with Gasteiger partial charge in [0.1, 0.15) is 29.9 Å². The first-order chi connectivity index (χ1) is 22.6. The third-order valence-corrected chi connectivity index (χ3v) is 9.13. The summed E-state index contributed by atoms with van der Waals surface area (Å²) in [5.74, 6) is -1.85. The lowest BCUT2D eigenvalue weighted by atomic mass is 9.92. The SMILES string of the molecule is CCCCSC[C@@H](NC(=O)c1cccnc1)C(=O)N[C@@H](Cc1cc(F)cc(F)c1)[C@@H](O)[C@H](O)[C@@H](CCSC)NC(=O)c1ccccc1. The molecule has 0 saturated carbocycles. The number of hydrogen-bond donors (Lipinski definition) is 5. The van der Waals surface area contributed by atoms with Crippen molar-refractivity contribution < 1.29 is 33.4 Å². The molecule has 1 aromatic heterocycles. The summed E-state index contributed by atoms with van der Waals surface area (Å²) < 4.78 is 28.3. The number of halogens is 2. The summed E-state index contributed by atoms with van der Waals surface area (Å²) >= 11 is 2.95. The number of aromatic nitrogens is 1. The average Bonchev–Trinajstić information content (AvgIpc) is 3.07. The molecule has 0 fully saturated rings. The zero-order chi connectivity index (χ0) is 34.2. The van der Waals surface area contributed by atoms with E-state index in [4.69, 9.17) is 0 Å². The number of carbonyl (C=O) groups excluding carboxylic acids is 3. The third kappa shape index (κ3) is 12.5. The zero-order valence-electron chi connectivity index (χ0n) is 26.4. The fourth-order valence-corrected chi connectivity index (χ4v) is 6.40. The number of aliphatic hydroxyl groups is 2. The fourth-order valence-electron chi connectivity index (χ4n) is 4.78. The van der Waals surface area contributed by atoms with Crippen molar-refractivity contribution in [2.75, 3.05) is 23.5 Å². The van der Waals surface area contributed by atoms with Crippen LogP contribution in [-0.2, 0) is 11.2 Å². The minimum absolute atomic E-state index is 0.126. The largest absolute Gasteiger partial charge is 0.388 e. The molecule has 0 radical (unpaired) electrons. The first kappa shape index (κ1) is 37.9. The second kappa shape index (κ2) is 20.0. The van der Waals surface area contributed by atoms with Crippen molar-refractivity contribution in [2.45, 2.75) is 62.9 Å². The highest BCUT2D eigenvalue weighted by molar-refractivity contribution is 7.99. The smallest absolute Gasteiger partial charge is 0.253 e. The molecule has 3 rings (SSSR count). The Morgan fingerprint density at radius 2 is 1.51 bits per heavy atom. The first-order valence-electron chi connectivity index (χ1n) is 15.4. The zero-order valence-corrected chi connectivity index (χ0v) is 28.0. The summed E-state index contributed by atoms with van der Waals surface area (Å²) in [6, 6.07) is 11.2. The molecule has 1 heterocycles. The Balaban J connectivity index is 1.89. The van der Waals surface area contributed by atoms with Gasteiger partial charge in [-0.25, -0.2) is 8.78 Å². The van der Waals surface area contributed by atoms with E-state index >= 15 is 0 Å². The van der Waals surface area contributed by atoms with Gasteiger partial charge < -0.3 is 26.2 Å². The van der Waals surface area contributed by atoms with Crippen LogP contribution in [0, 0.1) is 11.6 Å². The van der Waals surface area contributed by atoms with Crippen LogP contribution in [0.1, 0.15) is 52.5 Å². The molecule has 47 heavy (non-hydrogen) atoms. The van der Waals surface area contributed by atoms with Crippen molar-refractivity contribution in [2.24, 2.45) is 0 Å². The lowest BCUT2D eigenvalue weighted by Gasteiger charge is -2.33. The van der Waals surface area contributed by atoms with Gasteiger partial charge in [-0.1, -0.05) is 31.5 Å². The third-order valence-electron chi connectivity index (χ3n) is 7.34. The summed E-state index contributed by atoms with van der Waals surface area (Å²) in [7, 11) is 0. The van der Waals surface area contributed by atoms with Gasteiger partial charge in [-0.15, -0.1) is 0 Å². The number of thioether (sulfide) groups is 2. The van der Waals surface area contributed by atoms with E-state index in [1.165, 1.54) is 35.9 Å². The number of amides is 3. The van der Waals surface area contributed by atoms with Gasteiger partial charge in [0.25, 0.3) is 11.8 Å². The Morgan fingerprint density at radius 3 is 2.15 bits per heavy atom. The number of nitrogens with one attached hydrogen (secondary N) is 3. The van der Waals surface area contributed by atoms with Crippen molar-refractivity contribution >= 4 is 41.2 Å². The van der Waals surface area contributed by atoms with Crippen molar-refractivity contribution in [3.05, 3.63) is 101 Å². The van der Waals surface area contributed by atoms with Crippen LogP contribution in [0.15, 0.2) is 73.1 Å². The van der Waals surface area contributed by atoms with Gasteiger partial charge in [0.05, 0.1) is 17.6 Å². The van der Waals surface area contributed by atoms with E-state index in [2.05, 4.69) is 20.9 Å². The molecule has 5 atom stereocenters. The van der Waals surface area contributed by atoms with Crippen molar-refractivity contribution in [1.29, 1.82) is 0 Å². The van der Waals surface area contributed by atoms with Crippen LogP contribution >= 0.6 is 23.5 Å². The molecule has 3 aromatic rings.